The van der Waals surface area contributed by atoms with Gasteiger partial charge in [0.1, 0.15) is 0 Å². The summed E-state index contributed by atoms with van der Waals surface area (Å²) in [4.78, 5) is 14.9. The van der Waals surface area contributed by atoms with Crippen LogP contribution in [0, 0.1) is 10.8 Å². The van der Waals surface area contributed by atoms with Crippen molar-refractivity contribution in [1.82, 2.24) is 19.8 Å². The lowest BCUT2D eigenvalue weighted by atomic mass is 9.86. The Hall–Kier alpha value is -1.86. The minimum atomic E-state index is -0.126. The van der Waals surface area contributed by atoms with Crippen molar-refractivity contribution in [2.75, 3.05) is 26.3 Å². The highest BCUT2D eigenvalue weighted by Gasteiger charge is 2.42. The van der Waals surface area contributed by atoms with E-state index in [0.717, 1.165) is 49.1 Å². The van der Waals surface area contributed by atoms with E-state index < -0.39 is 0 Å². The van der Waals surface area contributed by atoms with E-state index in [-0.39, 0.29) is 23.3 Å². The summed E-state index contributed by atoms with van der Waals surface area (Å²) in [6, 6.07) is 13.1. The SMILES string of the molecule is CCN1C(c2cccc(-c3cccc(C4OCC(C(C)(C)C)N4CC)n3)n2)OCC1C(C)(C)C. The molecule has 4 rings (SSSR count). The first-order chi connectivity index (χ1) is 16.0. The quantitative estimate of drug-likeness (QED) is 0.565. The van der Waals surface area contributed by atoms with Crippen molar-refractivity contribution in [3.63, 3.8) is 0 Å². The highest BCUT2D eigenvalue weighted by atomic mass is 16.5. The molecule has 0 N–H and O–H groups in total. The van der Waals surface area contributed by atoms with Gasteiger partial charge >= 0.3 is 0 Å². The maximum absolute atomic E-state index is 6.27. The first kappa shape index (κ1) is 25.2. The largest absolute Gasteiger partial charge is 0.356 e. The van der Waals surface area contributed by atoms with Gasteiger partial charge in [-0.15, -0.1) is 0 Å². The van der Waals surface area contributed by atoms with Crippen LogP contribution in [0.4, 0.5) is 0 Å². The fourth-order valence-electron chi connectivity index (χ4n) is 5.32. The van der Waals surface area contributed by atoms with Gasteiger partial charge in [0, 0.05) is 12.1 Å². The summed E-state index contributed by atoms with van der Waals surface area (Å²) in [7, 11) is 0. The highest BCUT2D eigenvalue weighted by Crippen LogP contribution is 2.39. The second-order valence-corrected chi connectivity index (χ2v) is 11.7. The van der Waals surface area contributed by atoms with Crippen molar-refractivity contribution >= 4 is 0 Å². The number of likely N-dealkylation sites (N-methyl/N-ethyl adjacent to an activating group) is 2. The van der Waals surface area contributed by atoms with Crippen molar-refractivity contribution < 1.29 is 9.47 Å². The van der Waals surface area contributed by atoms with Crippen LogP contribution in [0.15, 0.2) is 36.4 Å². The smallest absolute Gasteiger partial charge is 0.154 e. The summed E-state index contributed by atoms with van der Waals surface area (Å²) in [6.45, 7) is 21.4. The van der Waals surface area contributed by atoms with Gasteiger partial charge in [-0.2, -0.15) is 0 Å². The molecule has 6 heteroatoms. The molecule has 34 heavy (non-hydrogen) atoms. The third-order valence-electron chi connectivity index (χ3n) is 7.27. The summed E-state index contributed by atoms with van der Waals surface area (Å²) in [5, 5.41) is 0. The molecule has 4 unspecified atom stereocenters. The number of rotatable bonds is 5. The Kier molecular flexibility index (Phi) is 7.16. The topological polar surface area (TPSA) is 50.7 Å². The van der Waals surface area contributed by atoms with Crippen LogP contribution in [0.1, 0.15) is 79.2 Å². The number of ether oxygens (including phenoxy) is 2. The zero-order chi connectivity index (χ0) is 24.7. The fraction of sp³-hybridized carbons (Fsp3) is 0.643. The first-order valence-corrected chi connectivity index (χ1v) is 12.7. The summed E-state index contributed by atoms with van der Waals surface area (Å²) < 4.78 is 12.5. The van der Waals surface area contributed by atoms with E-state index in [2.05, 4.69) is 89.5 Å². The van der Waals surface area contributed by atoms with Crippen LogP contribution in [0.5, 0.6) is 0 Å². The molecule has 2 aromatic rings. The van der Waals surface area contributed by atoms with Gasteiger partial charge in [0.25, 0.3) is 0 Å². The zero-order valence-electron chi connectivity index (χ0n) is 22.2. The molecule has 186 valence electrons. The maximum atomic E-state index is 6.27. The van der Waals surface area contributed by atoms with Gasteiger partial charge in [0.2, 0.25) is 0 Å². The van der Waals surface area contributed by atoms with Crippen LogP contribution in [-0.4, -0.2) is 58.2 Å². The van der Waals surface area contributed by atoms with Crippen molar-refractivity contribution in [2.24, 2.45) is 10.8 Å². The monoisotopic (exact) mass is 466 g/mol. The number of pyridine rings is 2. The lowest BCUT2D eigenvalue weighted by Crippen LogP contribution is -2.42. The second-order valence-electron chi connectivity index (χ2n) is 11.7. The number of nitrogens with zero attached hydrogens (tertiary/aromatic N) is 4. The van der Waals surface area contributed by atoms with Gasteiger partial charge in [-0.1, -0.05) is 67.5 Å². The molecule has 0 amide bonds. The van der Waals surface area contributed by atoms with Crippen LogP contribution in [-0.2, 0) is 9.47 Å². The van der Waals surface area contributed by atoms with Crippen LogP contribution < -0.4 is 0 Å². The molecule has 0 bridgehead atoms. The number of hydrogen-bond donors (Lipinski definition) is 0. The van der Waals surface area contributed by atoms with Crippen molar-refractivity contribution in [3.8, 4) is 11.4 Å². The Morgan fingerprint density at radius 1 is 0.706 bits per heavy atom. The Morgan fingerprint density at radius 3 is 1.41 bits per heavy atom. The van der Waals surface area contributed by atoms with Gasteiger partial charge in [-0.05, 0) is 48.2 Å². The molecule has 4 heterocycles. The summed E-state index contributed by atoms with van der Waals surface area (Å²) in [5.41, 5.74) is 3.92. The molecular formula is C28H42N4O2. The Labute approximate surface area is 205 Å². The van der Waals surface area contributed by atoms with E-state index in [4.69, 9.17) is 19.4 Å². The highest BCUT2D eigenvalue weighted by molar-refractivity contribution is 5.54. The molecule has 4 atom stereocenters. The first-order valence-electron chi connectivity index (χ1n) is 12.7. The van der Waals surface area contributed by atoms with Crippen LogP contribution in [0.25, 0.3) is 11.4 Å². The number of hydrogen-bond acceptors (Lipinski definition) is 6. The Bertz CT molecular complexity index is 901. The standard InChI is InChI=1S/C28H42N4O2/c1-9-31-23(27(3,4)5)17-33-25(31)21-15-11-13-19(29-21)20-14-12-16-22(30-20)26-32(10-2)24(18-34-26)28(6,7)8/h11-16,23-26H,9-10,17-18H2,1-8H3. The maximum Gasteiger partial charge on any atom is 0.154 e. The van der Waals surface area contributed by atoms with Gasteiger partial charge < -0.3 is 9.47 Å². The molecule has 2 aromatic heterocycles. The third-order valence-corrected chi connectivity index (χ3v) is 7.27. The zero-order valence-corrected chi connectivity index (χ0v) is 22.2. The predicted molar refractivity (Wildman–Crippen MR) is 136 cm³/mol. The van der Waals surface area contributed by atoms with Crippen LogP contribution in [0.2, 0.25) is 0 Å². The van der Waals surface area contributed by atoms with Crippen molar-refractivity contribution in [1.29, 1.82) is 0 Å². The average Bonchev–Trinajstić information content (AvgIpc) is 3.43. The molecular weight excluding hydrogens is 424 g/mol. The molecule has 2 fully saturated rings. The molecule has 6 nitrogen and oxygen atoms in total. The summed E-state index contributed by atoms with van der Waals surface area (Å²) in [6.07, 6.45) is -0.253. The molecule has 0 saturated carbocycles. The van der Waals surface area contributed by atoms with Gasteiger partial charge in [0.05, 0.1) is 36.0 Å². The summed E-state index contributed by atoms with van der Waals surface area (Å²) in [5.74, 6) is 0. The van der Waals surface area contributed by atoms with Gasteiger partial charge in [-0.3, -0.25) is 9.80 Å². The average molecular weight is 467 g/mol. The van der Waals surface area contributed by atoms with Gasteiger partial charge in [0.15, 0.2) is 12.5 Å². The molecule has 0 radical (unpaired) electrons. The molecule has 2 saturated heterocycles. The van der Waals surface area contributed by atoms with E-state index in [1.54, 1.807) is 0 Å². The minimum Gasteiger partial charge on any atom is -0.356 e. The number of aromatic nitrogens is 2. The van der Waals surface area contributed by atoms with E-state index in [1.165, 1.54) is 0 Å². The van der Waals surface area contributed by atoms with Crippen molar-refractivity contribution in [3.05, 3.63) is 47.8 Å². The molecule has 0 aromatic carbocycles. The molecule has 2 aliphatic rings. The van der Waals surface area contributed by atoms with Crippen LogP contribution >= 0.6 is 0 Å². The van der Waals surface area contributed by atoms with Crippen LogP contribution in [0.3, 0.4) is 0 Å². The van der Waals surface area contributed by atoms with E-state index >= 15 is 0 Å². The third kappa shape index (κ3) is 4.92. The minimum absolute atomic E-state index is 0.126. The predicted octanol–water partition coefficient (Wildman–Crippen LogP) is 5.67. The van der Waals surface area contributed by atoms with E-state index in [0.29, 0.717) is 12.1 Å². The van der Waals surface area contributed by atoms with Gasteiger partial charge in [-0.25, -0.2) is 9.97 Å². The lowest BCUT2D eigenvalue weighted by molar-refractivity contribution is 0.0225. The molecule has 0 aliphatic carbocycles. The Balaban J connectivity index is 1.60. The molecule has 0 spiro atoms. The normalized spacial score (nSPS) is 26.9. The Morgan fingerprint density at radius 2 is 1.09 bits per heavy atom. The second kappa shape index (κ2) is 9.65. The van der Waals surface area contributed by atoms with E-state index in [1.807, 2.05) is 12.1 Å². The van der Waals surface area contributed by atoms with E-state index in [9.17, 15) is 0 Å². The van der Waals surface area contributed by atoms with Crippen molar-refractivity contribution in [2.45, 2.75) is 79.9 Å². The lowest BCUT2D eigenvalue weighted by Gasteiger charge is -2.35. The summed E-state index contributed by atoms with van der Waals surface area (Å²) >= 11 is 0. The molecule has 2 aliphatic heterocycles. The fourth-order valence-corrected chi connectivity index (χ4v) is 5.32.